The lowest BCUT2D eigenvalue weighted by Crippen LogP contribution is -2.21. The molecule has 0 fully saturated rings. The van der Waals surface area contributed by atoms with Gasteiger partial charge in [0, 0.05) is 63.9 Å². The van der Waals surface area contributed by atoms with Crippen molar-refractivity contribution in [3.8, 4) is 28.1 Å². The van der Waals surface area contributed by atoms with Gasteiger partial charge in [-0.1, -0.05) is 0 Å². The van der Waals surface area contributed by atoms with Crippen molar-refractivity contribution in [2.24, 2.45) is 0 Å². The first-order chi connectivity index (χ1) is 20.5. The summed E-state index contributed by atoms with van der Waals surface area (Å²) in [6.07, 6.45) is 3.41. The Kier molecular flexibility index (Phi) is 6.40. The molecule has 4 heterocycles. The van der Waals surface area contributed by atoms with Gasteiger partial charge in [0.1, 0.15) is 18.2 Å². The van der Waals surface area contributed by atoms with Gasteiger partial charge in [-0.15, -0.1) is 8.78 Å². The number of anilines is 1. The molecule has 2 aliphatic rings. The van der Waals surface area contributed by atoms with Gasteiger partial charge in [0.05, 0.1) is 35.1 Å². The second-order valence-electron chi connectivity index (χ2n) is 10.3. The number of carbonyl (C=O) groups is 1. The molecule has 7 rings (SSSR count). The third-order valence-electron chi connectivity index (χ3n) is 7.40. The second-order valence-corrected chi connectivity index (χ2v) is 10.8. The number of ether oxygens (including phenoxy) is 2. The summed E-state index contributed by atoms with van der Waals surface area (Å²) < 4.78 is 65.3. The number of alkyl halides is 5. The van der Waals surface area contributed by atoms with E-state index in [2.05, 4.69) is 24.7 Å². The van der Waals surface area contributed by atoms with E-state index in [0.29, 0.717) is 69.3 Å². The van der Waals surface area contributed by atoms with E-state index in [-0.39, 0.29) is 17.4 Å². The first-order valence-electron chi connectivity index (χ1n) is 13.2. The summed E-state index contributed by atoms with van der Waals surface area (Å²) in [6, 6.07) is 10.5. The lowest BCUT2D eigenvalue weighted by molar-refractivity contribution is -0.0964. The van der Waals surface area contributed by atoms with Crippen LogP contribution in [0.25, 0.3) is 33.4 Å². The van der Waals surface area contributed by atoms with E-state index in [1.165, 1.54) is 30.5 Å². The molecular weight excluding hydrogens is 592 g/mol. The molecule has 14 heteroatoms. The minimum absolute atomic E-state index is 0.0380. The maximum atomic E-state index is 13.4. The Hall–Kier alpha value is -4.49. The number of benzene rings is 2. The number of hydrogen-bond donors (Lipinski definition) is 1. The van der Waals surface area contributed by atoms with Gasteiger partial charge in [0.2, 0.25) is 0 Å². The number of halogens is 5. The van der Waals surface area contributed by atoms with Crippen molar-refractivity contribution in [1.82, 2.24) is 24.3 Å². The van der Waals surface area contributed by atoms with E-state index in [0.717, 1.165) is 11.2 Å². The molecule has 1 aliphatic heterocycles. The Morgan fingerprint density at radius 2 is 1.98 bits per heavy atom. The van der Waals surface area contributed by atoms with E-state index in [4.69, 9.17) is 21.3 Å². The molecule has 2 aromatic carbocycles. The molecule has 0 bridgehead atoms. The molecule has 3 aromatic heterocycles. The van der Waals surface area contributed by atoms with Gasteiger partial charge in [-0.2, -0.15) is 13.9 Å². The first-order valence-corrected chi connectivity index (χ1v) is 13.6. The Bertz CT molecular complexity index is 1900. The highest BCUT2D eigenvalue weighted by atomic mass is 35.5. The van der Waals surface area contributed by atoms with Crippen LogP contribution in [-0.2, 0) is 17.8 Å². The van der Waals surface area contributed by atoms with Crippen LogP contribution in [0, 0.1) is 0 Å². The highest BCUT2D eigenvalue weighted by Gasteiger charge is 2.29. The summed E-state index contributed by atoms with van der Waals surface area (Å²) >= 11 is 4.82. The van der Waals surface area contributed by atoms with Gasteiger partial charge in [-0.05, 0) is 49.4 Å². The monoisotopic (exact) mass is 612 g/mol. The summed E-state index contributed by atoms with van der Waals surface area (Å²) in [5.41, 5.74) is 1.91. The van der Waals surface area contributed by atoms with E-state index in [1.54, 1.807) is 18.3 Å². The van der Waals surface area contributed by atoms with Crippen LogP contribution in [0.2, 0.25) is 0 Å². The largest absolute Gasteiger partial charge is 0.487 e. The van der Waals surface area contributed by atoms with Crippen molar-refractivity contribution < 1.29 is 31.8 Å². The van der Waals surface area contributed by atoms with Crippen molar-refractivity contribution in [2.45, 2.75) is 38.1 Å². The van der Waals surface area contributed by atoms with Crippen molar-refractivity contribution in [3.05, 3.63) is 77.5 Å². The smallest absolute Gasteiger partial charge is 0.420 e. The molecule has 1 N–H and O–H groups in total. The van der Waals surface area contributed by atoms with Crippen LogP contribution in [0.1, 0.15) is 47.0 Å². The first kappa shape index (κ1) is 27.3. The predicted molar refractivity (Wildman–Crippen MR) is 148 cm³/mol. The van der Waals surface area contributed by atoms with Crippen molar-refractivity contribution in [2.75, 3.05) is 11.9 Å². The van der Waals surface area contributed by atoms with Gasteiger partial charge in [0.15, 0.2) is 0 Å². The summed E-state index contributed by atoms with van der Waals surface area (Å²) in [5, 5.41) is 6.85. The summed E-state index contributed by atoms with van der Waals surface area (Å²) in [5.74, 6) is 0.0560. The number of amides is 1. The van der Waals surface area contributed by atoms with Crippen molar-refractivity contribution >= 4 is 34.2 Å². The van der Waals surface area contributed by atoms with Gasteiger partial charge < -0.3 is 19.4 Å². The zero-order valence-corrected chi connectivity index (χ0v) is 23.1. The van der Waals surface area contributed by atoms with E-state index < -0.39 is 18.0 Å². The van der Waals surface area contributed by atoms with Gasteiger partial charge in [-0.3, -0.25) is 9.78 Å². The van der Waals surface area contributed by atoms with Crippen LogP contribution >= 0.6 is 11.6 Å². The van der Waals surface area contributed by atoms with Gasteiger partial charge in [0.25, 0.3) is 5.91 Å². The molecule has 5 aromatic rings. The average Bonchev–Trinajstić information content (AvgIpc) is 3.64. The maximum absolute atomic E-state index is 13.4. The summed E-state index contributed by atoms with van der Waals surface area (Å²) in [4.78, 5) is 22.8. The molecule has 0 saturated carbocycles. The molecule has 1 aliphatic carbocycles. The Labute approximate surface area is 246 Å². The molecule has 0 spiro atoms. The van der Waals surface area contributed by atoms with Crippen LogP contribution < -0.4 is 10.1 Å². The number of aromatic nitrogens is 5. The second kappa shape index (κ2) is 10.1. The number of imidazole rings is 1. The van der Waals surface area contributed by atoms with Crippen LogP contribution in [0.15, 0.2) is 54.9 Å². The van der Waals surface area contributed by atoms with E-state index >= 15 is 0 Å². The van der Waals surface area contributed by atoms with Crippen LogP contribution in [-0.4, -0.2) is 42.4 Å². The average molecular weight is 613 g/mol. The molecule has 0 saturated heterocycles. The molecule has 0 unspecified atom stereocenters. The number of fused-ring (bicyclic) bond motifs is 6. The molecule has 1 atom stereocenters. The SMILES string of the molecule is C[C@@H]1COCc2nc3cc(C(=O)Nc4ccc(OC(F)(F)Cl)cc4)cc(-c4cnc5c(c4)-c4nn(C(F)F)cc4C5)c3n21. The Balaban J connectivity index is 1.30. The molecule has 0 radical (unpaired) electrons. The Morgan fingerprint density at radius 3 is 2.72 bits per heavy atom. The minimum Gasteiger partial charge on any atom is -0.420 e. The van der Waals surface area contributed by atoms with Gasteiger partial charge in [-0.25, -0.2) is 9.67 Å². The summed E-state index contributed by atoms with van der Waals surface area (Å²) in [6.45, 7) is 0.0252. The summed E-state index contributed by atoms with van der Waals surface area (Å²) in [7, 11) is 0. The minimum atomic E-state index is -3.86. The maximum Gasteiger partial charge on any atom is 0.487 e. The highest BCUT2D eigenvalue weighted by molar-refractivity contribution is 6.20. The van der Waals surface area contributed by atoms with Crippen molar-refractivity contribution in [3.63, 3.8) is 0 Å². The van der Waals surface area contributed by atoms with Crippen LogP contribution in [0.3, 0.4) is 0 Å². The van der Waals surface area contributed by atoms with E-state index in [1.807, 2.05) is 13.0 Å². The molecule has 9 nitrogen and oxygen atoms in total. The van der Waals surface area contributed by atoms with Crippen LogP contribution in [0.4, 0.5) is 23.2 Å². The number of nitrogens with zero attached hydrogens (tertiary/aromatic N) is 5. The number of carbonyl (C=O) groups excluding carboxylic acids is 1. The Morgan fingerprint density at radius 1 is 1.19 bits per heavy atom. The zero-order chi connectivity index (χ0) is 30.0. The number of nitrogens with one attached hydrogen (secondary N) is 1. The number of hydrogen-bond acceptors (Lipinski definition) is 6. The van der Waals surface area contributed by atoms with E-state index in [9.17, 15) is 22.4 Å². The molecule has 1 amide bonds. The fourth-order valence-electron chi connectivity index (χ4n) is 5.60. The number of rotatable bonds is 6. The van der Waals surface area contributed by atoms with Crippen molar-refractivity contribution in [1.29, 1.82) is 0 Å². The lowest BCUT2D eigenvalue weighted by Gasteiger charge is -2.23. The fourth-order valence-corrected chi connectivity index (χ4v) is 5.69. The van der Waals surface area contributed by atoms with Gasteiger partial charge >= 0.3 is 12.1 Å². The quantitative estimate of drug-likeness (QED) is 0.165. The zero-order valence-electron chi connectivity index (χ0n) is 22.3. The third kappa shape index (κ3) is 4.97. The molecule has 43 heavy (non-hydrogen) atoms. The highest BCUT2D eigenvalue weighted by Crippen LogP contribution is 2.40. The standard InChI is InChI=1S/C29H21ClF4N6O3/c1-14-12-42-13-24-37-23-8-15(27(41)36-18-2-4-19(5-3-18)43-29(30,33)34)6-20(26(23)40(14)24)16-7-21-22(35-10-16)9-17-11-39(28(31)32)38-25(17)21/h2-8,10-11,14,28H,9,12-13H2,1H3,(H,36,41)/t14-/m1/s1. The topological polar surface area (TPSA) is 96.1 Å². The fraction of sp³-hybridized carbons (Fsp3) is 0.241. The normalized spacial score (nSPS) is 15.8. The third-order valence-corrected chi connectivity index (χ3v) is 7.48. The lowest BCUT2D eigenvalue weighted by atomic mass is 9.99. The molecular formula is C29H21ClF4N6O3. The number of pyridine rings is 1. The predicted octanol–water partition coefficient (Wildman–Crippen LogP) is 6.77. The van der Waals surface area contributed by atoms with Crippen LogP contribution in [0.5, 0.6) is 5.75 Å². The molecule has 220 valence electrons.